The van der Waals surface area contributed by atoms with Crippen LogP contribution in [0, 0.1) is 56.7 Å². The first-order chi connectivity index (χ1) is 21.1. The summed E-state index contributed by atoms with van der Waals surface area (Å²) < 4.78 is 15.5. The highest BCUT2D eigenvalue weighted by Crippen LogP contribution is 2.78. The molecule has 45 heavy (non-hydrogen) atoms. The number of hydrogen-bond acceptors (Lipinski definition) is 7. The van der Waals surface area contributed by atoms with Crippen molar-refractivity contribution >= 4 is 23.8 Å². The van der Waals surface area contributed by atoms with Gasteiger partial charge in [-0.3, -0.25) is 14.4 Å². The maximum atomic E-state index is 14.5. The number of ether oxygens (including phenoxy) is 3. The Bertz CT molecular complexity index is 1300. The molecule has 1 heterocycles. The molecule has 1 saturated heterocycles. The highest BCUT2D eigenvalue weighted by Gasteiger charge is 2.75. The second-order valence-corrected chi connectivity index (χ2v) is 16.7. The zero-order chi connectivity index (χ0) is 32.7. The number of allylic oxidation sites excluding steroid dienone is 1. The van der Waals surface area contributed by atoms with Crippen molar-refractivity contribution < 1.29 is 33.4 Å². The summed E-state index contributed by atoms with van der Waals surface area (Å²) in [5.41, 5.74) is 0.433. The SMILES string of the molecule is C=C(C)[C@@H]1CC[C@]2(C(=O)N[C@@H](CCC(=O)OC)C(=O)OC)CC[C@]3(C)[C@H](CC[C@@H]4[C@@]5(C)CC[C@H]6OC(=O)[C@@]6(C)[C@@H]5CC[C@]43C)[C@@H]12. The Kier molecular flexibility index (Phi) is 7.84. The van der Waals surface area contributed by atoms with Gasteiger partial charge in [0.15, 0.2) is 0 Å². The van der Waals surface area contributed by atoms with E-state index in [0.29, 0.717) is 17.8 Å². The van der Waals surface area contributed by atoms with Gasteiger partial charge in [-0.2, -0.15) is 0 Å². The Morgan fingerprint density at radius 2 is 1.64 bits per heavy atom. The van der Waals surface area contributed by atoms with E-state index in [4.69, 9.17) is 14.2 Å². The third-order valence-electron chi connectivity index (χ3n) is 15.5. The normalized spacial score (nSPS) is 46.8. The van der Waals surface area contributed by atoms with Crippen molar-refractivity contribution in [3.05, 3.63) is 12.2 Å². The summed E-state index contributed by atoms with van der Waals surface area (Å²) in [4.78, 5) is 52.2. The van der Waals surface area contributed by atoms with Crippen LogP contribution >= 0.6 is 0 Å². The van der Waals surface area contributed by atoms with Crippen LogP contribution in [0.1, 0.15) is 112 Å². The van der Waals surface area contributed by atoms with Crippen LogP contribution in [-0.4, -0.2) is 50.2 Å². The van der Waals surface area contributed by atoms with Gasteiger partial charge in [0, 0.05) is 6.42 Å². The predicted octanol–water partition coefficient (Wildman–Crippen LogP) is 6.16. The molecule has 1 amide bonds. The summed E-state index contributed by atoms with van der Waals surface area (Å²) in [6, 6.07) is -0.896. The first-order valence-electron chi connectivity index (χ1n) is 17.5. The van der Waals surface area contributed by atoms with Crippen LogP contribution in [-0.2, 0) is 33.4 Å². The molecule has 0 radical (unpaired) electrons. The van der Waals surface area contributed by atoms with E-state index in [1.807, 2.05) is 0 Å². The van der Waals surface area contributed by atoms with Crippen molar-refractivity contribution in [2.24, 2.45) is 56.7 Å². The van der Waals surface area contributed by atoms with Gasteiger partial charge in [-0.15, -0.1) is 0 Å². The highest BCUT2D eigenvalue weighted by molar-refractivity contribution is 5.89. The maximum Gasteiger partial charge on any atom is 0.328 e. The Balaban J connectivity index is 1.32. The molecule has 12 atom stereocenters. The van der Waals surface area contributed by atoms with Gasteiger partial charge in [0.25, 0.3) is 0 Å². The van der Waals surface area contributed by atoms with Crippen LogP contribution in [0.15, 0.2) is 12.2 Å². The summed E-state index contributed by atoms with van der Waals surface area (Å²) in [5.74, 6) is 0.599. The first-order valence-corrected chi connectivity index (χ1v) is 17.5. The lowest BCUT2D eigenvalue weighted by molar-refractivity contribution is -0.279. The van der Waals surface area contributed by atoms with E-state index < -0.39 is 23.4 Å². The lowest BCUT2D eigenvalue weighted by Crippen LogP contribution is -2.71. The number of carbonyl (C=O) groups is 4. The molecule has 0 aromatic rings. The molecule has 0 unspecified atom stereocenters. The van der Waals surface area contributed by atoms with Gasteiger partial charge in [0.1, 0.15) is 17.6 Å². The van der Waals surface area contributed by atoms with Crippen molar-refractivity contribution in [1.82, 2.24) is 5.32 Å². The van der Waals surface area contributed by atoms with Gasteiger partial charge in [-0.05, 0) is 130 Å². The van der Waals surface area contributed by atoms with Crippen LogP contribution in [0.5, 0.6) is 0 Å². The average molecular weight is 626 g/mol. The molecule has 0 spiro atoms. The molecule has 0 aromatic heterocycles. The quantitative estimate of drug-likeness (QED) is 0.205. The minimum atomic E-state index is -0.896. The molecule has 8 nitrogen and oxygen atoms in total. The molecule has 5 aliphatic carbocycles. The molecule has 6 aliphatic rings. The fraction of sp³-hybridized carbons (Fsp3) is 0.838. The second kappa shape index (κ2) is 10.8. The molecule has 0 aromatic carbocycles. The zero-order valence-corrected chi connectivity index (χ0v) is 28.6. The molecule has 8 heteroatoms. The van der Waals surface area contributed by atoms with Gasteiger partial charge in [0.2, 0.25) is 5.91 Å². The third kappa shape index (κ3) is 4.28. The fourth-order valence-corrected chi connectivity index (χ4v) is 12.9. The van der Waals surface area contributed by atoms with Crippen LogP contribution in [0.25, 0.3) is 0 Å². The van der Waals surface area contributed by atoms with Crippen LogP contribution in [0.4, 0.5) is 0 Å². The molecule has 250 valence electrons. The summed E-state index contributed by atoms with van der Waals surface area (Å²) in [6.07, 6.45) is 10.1. The standard InChI is InChI=1S/C37H55NO7/c1-21(2)22-13-18-37(31(41)38-24(30(40)44-8)10-12-28(39)43-7)20-19-34(4)23(29(22)37)9-11-25-33(3)16-15-27-36(6,32(42)45-27)26(33)14-17-35(25,34)5/h22-27,29H,1,9-20H2,2-8H3,(H,38,41)/t22-,23+,24-,25+,26+,27+,29+,33+,34+,35+,36-,37-/m0/s1. The molecular weight excluding hydrogens is 570 g/mol. The largest absolute Gasteiger partial charge is 0.469 e. The molecule has 5 saturated carbocycles. The lowest BCUT2D eigenvalue weighted by Gasteiger charge is -2.73. The number of methoxy groups -OCH3 is 2. The second-order valence-electron chi connectivity index (χ2n) is 16.7. The minimum Gasteiger partial charge on any atom is -0.469 e. The topological polar surface area (TPSA) is 108 Å². The number of hydrogen-bond donors (Lipinski definition) is 1. The van der Waals surface area contributed by atoms with Gasteiger partial charge in [0.05, 0.1) is 19.6 Å². The van der Waals surface area contributed by atoms with E-state index in [1.54, 1.807) is 0 Å². The van der Waals surface area contributed by atoms with Crippen molar-refractivity contribution in [2.45, 2.75) is 124 Å². The Morgan fingerprint density at radius 1 is 0.911 bits per heavy atom. The maximum absolute atomic E-state index is 14.5. The Morgan fingerprint density at radius 3 is 2.29 bits per heavy atom. The van der Waals surface area contributed by atoms with Gasteiger partial charge < -0.3 is 19.5 Å². The van der Waals surface area contributed by atoms with E-state index in [2.05, 4.69) is 46.5 Å². The highest BCUT2D eigenvalue weighted by atomic mass is 16.6. The first kappa shape index (κ1) is 32.6. The number of nitrogens with one attached hydrogen (secondary N) is 1. The van der Waals surface area contributed by atoms with Gasteiger partial charge >= 0.3 is 17.9 Å². The third-order valence-corrected chi connectivity index (χ3v) is 15.5. The number of carbonyl (C=O) groups excluding carboxylic acids is 4. The molecule has 1 N–H and O–H groups in total. The van der Waals surface area contributed by atoms with Crippen LogP contribution in [0.2, 0.25) is 0 Å². The summed E-state index contributed by atoms with van der Waals surface area (Å²) in [5, 5.41) is 3.08. The molecule has 0 bridgehead atoms. The van der Waals surface area contributed by atoms with E-state index in [1.165, 1.54) is 14.2 Å². The van der Waals surface area contributed by atoms with Crippen molar-refractivity contribution in [3.8, 4) is 0 Å². The smallest absolute Gasteiger partial charge is 0.328 e. The monoisotopic (exact) mass is 625 g/mol. The summed E-state index contributed by atoms with van der Waals surface area (Å²) in [6.45, 7) is 16.3. The number of rotatable bonds is 7. The number of esters is 3. The van der Waals surface area contributed by atoms with Crippen molar-refractivity contribution in [3.63, 3.8) is 0 Å². The van der Waals surface area contributed by atoms with E-state index in [-0.39, 0.29) is 64.3 Å². The molecule has 1 aliphatic heterocycles. The predicted molar refractivity (Wildman–Crippen MR) is 168 cm³/mol. The van der Waals surface area contributed by atoms with E-state index in [9.17, 15) is 19.2 Å². The van der Waals surface area contributed by atoms with E-state index >= 15 is 0 Å². The summed E-state index contributed by atoms with van der Waals surface area (Å²) in [7, 11) is 2.64. The van der Waals surface area contributed by atoms with Gasteiger partial charge in [-0.1, -0.05) is 32.9 Å². The number of amides is 1. The minimum absolute atomic E-state index is 0.00693. The lowest BCUT2D eigenvalue weighted by atomic mass is 9.32. The van der Waals surface area contributed by atoms with Gasteiger partial charge in [-0.25, -0.2) is 4.79 Å². The molecule has 6 fully saturated rings. The average Bonchev–Trinajstić information content (AvgIpc) is 3.41. The Hall–Kier alpha value is -2.38. The van der Waals surface area contributed by atoms with Crippen LogP contribution < -0.4 is 5.32 Å². The molecular formula is C37H55NO7. The fourth-order valence-electron chi connectivity index (χ4n) is 12.9. The van der Waals surface area contributed by atoms with E-state index in [0.717, 1.165) is 69.8 Å². The zero-order valence-electron chi connectivity index (χ0n) is 28.6. The van der Waals surface area contributed by atoms with Crippen molar-refractivity contribution in [2.75, 3.05) is 14.2 Å². The Labute approximate surface area is 269 Å². The van der Waals surface area contributed by atoms with Crippen LogP contribution in [0.3, 0.4) is 0 Å². The summed E-state index contributed by atoms with van der Waals surface area (Å²) >= 11 is 0. The molecule has 6 rings (SSSR count). The van der Waals surface area contributed by atoms with Crippen molar-refractivity contribution in [1.29, 1.82) is 0 Å². The number of fused-ring (bicyclic) bond motifs is 9.